The Hall–Kier alpha value is 0.137. The van der Waals surface area contributed by atoms with Crippen LogP contribution in [0.1, 0.15) is 44.9 Å². The molecule has 2 nitrogen and oxygen atoms in total. The van der Waals surface area contributed by atoms with E-state index in [9.17, 15) is 0 Å². The Labute approximate surface area is 83.5 Å². The molecule has 0 atom stereocenters. The molecular weight excluding hydrogens is 180 g/mol. The monoisotopic (exact) mass is 201 g/mol. The molecule has 0 N–H and O–H groups in total. The van der Waals surface area contributed by atoms with Crippen LogP contribution in [0.4, 0.5) is 0 Å². The minimum absolute atomic E-state index is 0.722. The lowest BCUT2D eigenvalue weighted by Crippen LogP contribution is -2.26. The molecule has 0 aromatic heterocycles. The van der Waals surface area contributed by atoms with Gasteiger partial charge in [-0.15, -0.1) is 0 Å². The smallest absolute Gasteiger partial charge is 0.387 e. The fourth-order valence-corrected chi connectivity index (χ4v) is 3.82. The third-order valence-electron chi connectivity index (χ3n) is 2.84. The van der Waals surface area contributed by atoms with Crippen LogP contribution in [0, 0.1) is 0 Å². The number of hydrogen-bond donors (Lipinski definition) is 0. The second-order valence-electron chi connectivity index (χ2n) is 3.77. The van der Waals surface area contributed by atoms with Crippen LogP contribution in [0.15, 0.2) is 0 Å². The highest BCUT2D eigenvalue weighted by Gasteiger charge is 2.26. The molecule has 0 amide bonds. The van der Waals surface area contributed by atoms with Crippen LogP contribution in [0.2, 0.25) is 5.54 Å². The summed E-state index contributed by atoms with van der Waals surface area (Å²) < 4.78 is 10.8. The summed E-state index contributed by atoms with van der Waals surface area (Å²) in [5.41, 5.74) is 0.722. The highest BCUT2D eigenvalue weighted by molar-refractivity contribution is 6.46. The van der Waals surface area contributed by atoms with E-state index < -0.39 is 9.28 Å². The van der Waals surface area contributed by atoms with Crippen molar-refractivity contribution in [3.05, 3.63) is 0 Å². The molecule has 0 aliphatic heterocycles. The predicted molar refractivity (Wildman–Crippen MR) is 55.8 cm³/mol. The molecule has 1 saturated carbocycles. The third kappa shape index (κ3) is 3.79. The molecule has 0 aromatic rings. The van der Waals surface area contributed by atoms with Crippen LogP contribution in [0.3, 0.4) is 0 Å². The van der Waals surface area contributed by atoms with Crippen LogP contribution in [-0.4, -0.2) is 23.5 Å². The molecule has 77 valence electrons. The van der Waals surface area contributed by atoms with Gasteiger partial charge in [0.1, 0.15) is 0 Å². The van der Waals surface area contributed by atoms with Crippen molar-refractivity contribution >= 4 is 9.28 Å². The molecule has 3 heteroatoms. The molecule has 0 bridgehead atoms. The maximum atomic E-state index is 5.41. The van der Waals surface area contributed by atoms with Crippen molar-refractivity contribution in [2.45, 2.75) is 50.5 Å². The van der Waals surface area contributed by atoms with Crippen molar-refractivity contribution in [2.75, 3.05) is 14.2 Å². The summed E-state index contributed by atoms with van der Waals surface area (Å²) in [5.74, 6) is 0. The Balaban J connectivity index is 2.35. The van der Waals surface area contributed by atoms with Gasteiger partial charge >= 0.3 is 9.28 Å². The summed E-state index contributed by atoms with van der Waals surface area (Å²) in [5, 5.41) is 0. The zero-order valence-electron chi connectivity index (χ0n) is 8.84. The molecule has 0 unspecified atom stereocenters. The third-order valence-corrected chi connectivity index (χ3v) is 4.89. The summed E-state index contributed by atoms with van der Waals surface area (Å²) in [6.45, 7) is 0. The van der Waals surface area contributed by atoms with E-state index in [1.807, 2.05) is 0 Å². The van der Waals surface area contributed by atoms with Gasteiger partial charge in [0.2, 0.25) is 0 Å². The van der Waals surface area contributed by atoms with E-state index in [1.165, 1.54) is 44.9 Å². The van der Waals surface area contributed by atoms with Crippen LogP contribution in [0.5, 0.6) is 0 Å². The minimum Gasteiger partial charge on any atom is -0.397 e. The first kappa shape index (κ1) is 11.2. The summed E-state index contributed by atoms with van der Waals surface area (Å²) in [6, 6.07) is 0. The molecule has 0 spiro atoms. The predicted octanol–water partition coefficient (Wildman–Crippen LogP) is 2.88. The van der Waals surface area contributed by atoms with Crippen LogP contribution in [0.25, 0.3) is 0 Å². The zero-order chi connectivity index (χ0) is 9.52. The quantitative estimate of drug-likeness (QED) is 0.654. The van der Waals surface area contributed by atoms with Crippen molar-refractivity contribution in [3.8, 4) is 0 Å². The molecule has 13 heavy (non-hydrogen) atoms. The van der Waals surface area contributed by atoms with Crippen LogP contribution >= 0.6 is 0 Å². The van der Waals surface area contributed by atoms with Gasteiger partial charge in [0.15, 0.2) is 0 Å². The second kappa shape index (κ2) is 6.57. The standard InChI is InChI=1S/C10H21O2Si/c1-11-13(12-2)10-8-6-4-3-5-7-9-10/h10H,3-9H2,1-2H3. The zero-order valence-corrected chi connectivity index (χ0v) is 9.84. The molecule has 0 heterocycles. The average molecular weight is 201 g/mol. The SMILES string of the molecule is CO[Si](OC)C1CCCCCCC1. The van der Waals surface area contributed by atoms with Gasteiger partial charge in [0.25, 0.3) is 0 Å². The molecular formula is C10H21O2Si. The maximum absolute atomic E-state index is 5.41. The van der Waals surface area contributed by atoms with Crippen molar-refractivity contribution in [3.63, 3.8) is 0 Å². The van der Waals surface area contributed by atoms with E-state index in [0.717, 1.165) is 5.54 Å². The van der Waals surface area contributed by atoms with Crippen molar-refractivity contribution < 1.29 is 8.85 Å². The fraction of sp³-hybridized carbons (Fsp3) is 1.00. The van der Waals surface area contributed by atoms with Gasteiger partial charge in [0.05, 0.1) is 0 Å². The number of hydrogen-bond acceptors (Lipinski definition) is 2. The lowest BCUT2D eigenvalue weighted by molar-refractivity contribution is 0.255. The summed E-state index contributed by atoms with van der Waals surface area (Å²) in [4.78, 5) is 0. The second-order valence-corrected chi connectivity index (χ2v) is 6.04. The Morgan fingerprint density at radius 1 is 0.846 bits per heavy atom. The highest BCUT2D eigenvalue weighted by Crippen LogP contribution is 2.29. The van der Waals surface area contributed by atoms with E-state index >= 15 is 0 Å². The largest absolute Gasteiger partial charge is 0.397 e. The minimum atomic E-state index is -0.963. The maximum Gasteiger partial charge on any atom is 0.387 e. The summed E-state index contributed by atoms with van der Waals surface area (Å²) in [6.07, 6.45) is 9.59. The van der Waals surface area contributed by atoms with Crippen molar-refractivity contribution in [2.24, 2.45) is 0 Å². The first-order valence-corrected chi connectivity index (χ1v) is 6.72. The van der Waals surface area contributed by atoms with Crippen LogP contribution in [-0.2, 0) is 8.85 Å². The molecule has 1 fully saturated rings. The highest BCUT2D eigenvalue weighted by atomic mass is 28.3. The van der Waals surface area contributed by atoms with Gasteiger partial charge in [-0.3, -0.25) is 0 Å². The van der Waals surface area contributed by atoms with Gasteiger partial charge in [-0.1, -0.05) is 32.1 Å². The van der Waals surface area contributed by atoms with Crippen molar-refractivity contribution in [1.29, 1.82) is 0 Å². The first-order valence-electron chi connectivity index (χ1n) is 5.33. The summed E-state index contributed by atoms with van der Waals surface area (Å²) in [7, 11) is 2.61. The van der Waals surface area contributed by atoms with Crippen LogP contribution < -0.4 is 0 Å². The number of rotatable bonds is 3. The van der Waals surface area contributed by atoms with Gasteiger partial charge < -0.3 is 8.85 Å². The molecule has 1 rings (SSSR count). The Kier molecular flexibility index (Phi) is 5.67. The Morgan fingerprint density at radius 2 is 1.31 bits per heavy atom. The molecule has 1 aliphatic carbocycles. The van der Waals surface area contributed by atoms with E-state index in [4.69, 9.17) is 8.85 Å². The van der Waals surface area contributed by atoms with Crippen molar-refractivity contribution in [1.82, 2.24) is 0 Å². The topological polar surface area (TPSA) is 18.5 Å². The van der Waals surface area contributed by atoms with Gasteiger partial charge in [-0.05, 0) is 12.8 Å². The van der Waals surface area contributed by atoms with E-state index in [1.54, 1.807) is 14.2 Å². The lowest BCUT2D eigenvalue weighted by atomic mass is 10.0. The molecule has 0 saturated heterocycles. The molecule has 1 radical (unpaired) electrons. The fourth-order valence-electron chi connectivity index (χ4n) is 2.11. The summed E-state index contributed by atoms with van der Waals surface area (Å²) >= 11 is 0. The molecule has 0 aromatic carbocycles. The van der Waals surface area contributed by atoms with E-state index in [-0.39, 0.29) is 0 Å². The first-order chi connectivity index (χ1) is 6.38. The molecule has 1 aliphatic rings. The average Bonchev–Trinajstić information content (AvgIpc) is 2.09. The van der Waals surface area contributed by atoms with E-state index in [0.29, 0.717) is 0 Å². The van der Waals surface area contributed by atoms with Gasteiger partial charge in [-0.2, -0.15) is 0 Å². The normalized spacial score (nSPS) is 21.5. The Bertz CT molecular complexity index is 118. The van der Waals surface area contributed by atoms with E-state index in [2.05, 4.69) is 0 Å². The Morgan fingerprint density at radius 3 is 1.77 bits per heavy atom. The van der Waals surface area contributed by atoms with Gasteiger partial charge in [-0.25, -0.2) is 0 Å². The van der Waals surface area contributed by atoms with Gasteiger partial charge in [0, 0.05) is 19.8 Å². The lowest BCUT2D eigenvalue weighted by Gasteiger charge is -2.23.